The number of hydrogen-bond acceptors (Lipinski definition) is 6. The number of rotatable bonds is 6. The summed E-state index contributed by atoms with van der Waals surface area (Å²) in [5, 5.41) is 21.9. The number of ether oxygens (including phenoxy) is 1. The fourth-order valence-electron chi connectivity index (χ4n) is 3.60. The van der Waals surface area contributed by atoms with E-state index in [1.165, 1.54) is 31.4 Å². The Hall–Kier alpha value is -5.00. The molecule has 0 aliphatic heterocycles. The Morgan fingerprint density at radius 3 is 2.42 bits per heavy atom. The number of fused-ring (bicyclic) bond motifs is 1. The lowest BCUT2D eigenvalue weighted by molar-refractivity contribution is -0.137. The number of alkyl halides is 3. The van der Waals surface area contributed by atoms with Crippen LogP contribution in [-0.4, -0.2) is 24.0 Å². The van der Waals surface area contributed by atoms with Crippen molar-refractivity contribution in [1.82, 2.24) is 0 Å². The molecule has 4 aromatic carbocycles. The van der Waals surface area contributed by atoms with E-state index in [0.29, 0.717) is 29.0 Å². The second-order valence-electron chi connectivity index (χ2n) is 7.94. The van der Waals surface area contributed by atoms with E-state index in [0.717, 1.165) is 0 Å². The summed E-state index contributed by atoms with van der Waals surface area (Å²) in [6.45, 7) is 0. The molecule has 0 aromatic heterocycles. The Bertz CT molecular complexity index is 1600. The third-order valence-corrected chi connectivity index (χ3v) is 5.50. The Balaban J connectivity index is 1.79. The van der Waals surface area contributed by atoms with Crippen LogP contribution in [0, 0.1) is 5.82 Å². The highest BCUT2D eigenvalue weighted by molar-refractivity contribution is 6.11. The van der Waals surface area contributed by atoms with Gasteiger partial charge < -0.3 is 20.9 Å². The quantitative estimate of drug-likeness (QED) is 0.196. The summed E-state index contributed by atoms with van der Waals surface area (Å²) in [5.41, 5.74) is 3.07. The minimum absolute atomic E-state index is 0.0909. The Morgan fingerprint density at radius 2 is 1.74 bits per heavy atom. The Kier molecular flexibility index (Phi) is 6.98. The number of nitrogens with one attached hydrogen (secondary N) is 1. The summed E-state index contributed by atoms with van der Waals surface area (Å²) in [6.07, 6.45) is -4.77. The van der Waals surface area contributed by atoms with E-state index in [1.54, 1.807) is 24.3 Å². The number of nitrogens with two attached hydrogens (primary N) is 1. The van der Waals surface area contributed by atoms with Crippen LogP contribution in [0.5, 0.6) is 11.5 Å². The highest BCUT2D eigenvalue weighted by atomic mass is 19.4. The van der Waals surface area contributed by atoms with Crippen molar-refractivity contribution in [3.8, 4) is 11.5 Å². The number of aromatic hydroxyl groups is 1. The van der Waals surface area contributed by atoms with Crippen LogP contribution in [0.1, 0.15) is 26.3 Å². The molecule has 0 aliphatic rings. The smallest absolute Gasteiger partial charge is 0.416 e. The normalized spacial score (nSPS) is 11.6. The molecule has 4 rings (SSSR count). The molecule has 2 amide bonds. The molecule has 194 valence electrons. The summed E-state index contributed by atoms with van der Waals surface area (Å²) in [6, 6.07) is 13.5. The van der Waals surface area contributed by atoms with Gasteiger partial charge >= 0.3 is 6.18 Å². The first kappa shape index (κ1) is 26.1. The van der Waals surface area contributed by atoms with Crippen molar-refractivity contribution in [3.63, 3.8) is 0 Å². The standard InChI is InChI=1S/C26H18F4N4O4/c1-38-21-9-6-14(24(31)36)11-20(21)33-34-22-16-5-3-2-4-13(16)10-17(23(22)35)25(37)32-19-12-15(26(28,29)30)7-8-18(19)27/h2-12,35H,1H3,(H2,31,36)(H,32,37)/b34-33-. The maximum absolute atomic E-state index is 14.2. The zero-order chi connectivity index (χ0) is 27.6. The van der Waals surface area contributed by atoms with Gasteiger partial charge in [-0.3, -0.25) is 9.59 Å². The number of phenolic OH excluding ortho intramolecular Hbond substituents is 1. The van der Waals surface area contributed by atoms with Gasteiger partial charge in [0.2, 0.25) is 5.91 Å². The zero-order valence-electron chi connectivity index (χ0n) is 19.5. The lowest BCUT2D eigenvalue weighted by atomic mass is 10.0. The van der Waals surface area contributed by atoms with Gasteiger partial charge in [0, 0.05) is 10.9 Å². The Morgan fingerprint density at radius 1 is 1.00 bits per heavy atom. The summed E-state index contributed by atoms with van der Waals surface area (Å²) in [5.74, 6) is -3.35. The minimum atomic E-state index is -4.77. The van der Waals surface area contributed by atoms with Crippen LogP contribution in [-0.2, 0) is 6.18 Å². The number of methoxy groups -OCH3 is 1. The summed E-state index contributed by atoms with van der Waals surface area (Å²) in [7, 11) is 1.36. The van der Waals surface area contributed by atoms with Crippen LogP contribution in [0.25, 0.3) is 10.8 Å². The van der Waals surface area contributed by atoms with E-state index in [9.17, 15) is 32.3 Å². The molecule has 12 heteroatoms. The number of carbonyl (C=O) groups is 2. The van der Waals surface area contributed by atoms with Crippen molar-refractivity contribution in [3.05, 3.63) is 89.2 Å². The molecule has 8 nitrogen and oxygen atoms in total. The first-order chi connectivity index (χ1) is 18.0. The molecule has 0 saturated carbocycles. The molecule has 0 radical (unpaired) electrons. The second-order valence-corrected chi connectivity index (χ2v) is 7.94. The van der Waals surface area contributed by atoms with Gasteiger partial charge in [-0.05, 0) is 47.9 Å². The molecule has 0 spiro atoms. The molecule has 0 heterocycles. The van der Waals surface area contributed by atoms with E-state index in [2.05, 4.69) is 15.5 Å². The summed E-state index contributed by atoms with van der Waals surface area (Å²) < 4.78 is 58.6. The van der Waals surface area contributed by atoms with Gasteiger partial charge in [-0.15, -0.1) is 10.2 Å². The van der Waals surface area contributed by atoms with E-state index < -0.39 is 46.4 Å². The van der Waals surface area contributed by atoms with Crippen LogP contribution >= 0.6 is 0 Å². The number of azo groups is 1. The van der Waals surface area contributed by atoms with Crippen LogP contribution in [0.15, 0.2) is 77.0 Å². The van der Waals surface area contributed by atoms with Crippen molar-refractivity contribution in [2.45, 2.75) is 6.18 Å². The fraction of sp³-hybridized carbons (Fsp3) is 0.0769. The van der Waals surface area contributed by atoms with Gasteiger partial charge in [-0.2, -0.15) is 13.2 Å². The van der Waals surface area contributed by atoms with Gasteiger partial charge in [0.25, 0.3) is 5.91 Å². The molecule has 0 saturated heterocycles. The molecule has 0 unspecified atom stereocenters. The van der Waals surface area contributed by atoms with Crippen molar-refractivity contribution in [2.24, 2.45) is 16.0 Å². The van der Waals surface area contributed by atoms with Gasteiger partial charge in [-0.25, -0.2) is 4.39 Å². The molecule has 0 fully saturated rings. The largest absolute Gasteiger partial charge is 0.505 e. The van der Waals surface area contributed by atoms with Crippen LogP contribution in [0.4, 0.5) is 34.6 Å². The average Bonchev–Trinajstić information content (AvgIpc) is 2.88. The lowest BCUT2D eigenvalue weighted by Crippen LogP contribution is -2.15. The predicted molar refractivity (Wildman–Crippen MR) is 131 cm³/mol. The summed E-state index contributed by atoms with van der Waals surface area (Å²) in [4.78, 5) is 24.5. The van der Waals surface area contributed by atoms with Gasteiger partial charge in [0.05, 0.1) is 23.9 Å². The number of hydrogen-bond donors (Lipinski definition) is 3. The molecule has 0 atom stereocenters. The van der Waals surface area contributed by atoms with Crippen LogP contribution in [0.2, 0.25) is 0 Å². The van der Waals surface area contributed by atoms with Gasteiger partial charge in [-0.1, -0.05) is 24.3 Å². The molecule has 0 bridgehead atoms. The van der Waals surface area contributed by atoms with Crippen LogP contribution in [0.3, 0.4) is 0 Å². The number of anilines is 1. The highest BCUT2D eigenvalue weighted by Crippen LogP contribution is 2.41. The Labute approximate surface area is 212 Å². The fourth-order valence-corrected chi connectivity index (χ4v) is 3.60. The van der Waals surface area contributed by atoms with Gasteiger partial charge in [0.1, 0.15) is 22.9 Å². The second kappa shape index (κ2) is 10.2. The van der Waals surface area contributed by atoms with Crippen molar-refractivity contribution >= 4 is 39.6 Å². The zero-order valence-corrected chi connectivity index (χ0v) is 19.5. The molecule has 4 N–H and O–H groups in total. The molecular weight excluding hydrogens is 508 g/mol. The highest BCUT2D eigenvalue weighted by Gasteiger charge is 2.31. The number of phenols is 1. The number of amides is 2. The third-order valence-electron chi connectivity index (χ3n) is 5.50. The monoisotopic (exact) mass is 526 g/mol. The minimum Gasteiger partial charge on any atom is -0.505 e. The van der Waals surface area contributed by atoms with E-state index >= 15 is 0 Å². The summed E-state index contributed by atoms with van der Waals surface area (Å²) >= 11 is 0. The SMILES string of the molecule is COc1ccc(C(N)=O)cc1/N=N\c1c(O)c(C(=O)Nc2cc(C(F)(F)F)ccc2F)cc2ccccc12. The first-order valence-corrected chi connectivity index (χ1v) is 10.8. The maximum Gasteiger partial charge on any atom is 0.416 e. The number of primary amides is 1. The topological polar surface area (TPSA) is 126 Å². The van der Waals surface area contributed by atoms with E-state index in [-0.39, 0.29) is 22.7 Å². The third kappa shape index (κ3) is 5.24. The predicted octanol–water partition coefficient (Wildman–Crippen LogP) is 6.48. The number of benzene rings is 4. The maximum atomic E-state index is 14.2. The van der Waals surface area contributed by atoms with Crippen molar-refractivity contribution in [1.29, 1.82) is 0 Å². The van der Waals surface area contributed by atoms with E-state index in [4.69, 9.17) is 10.5 Å². The number of carbonyl (C=O) groups excluding carboxylic acids is 2. The number of nitrogens with zero attached hydrogens (tertiary/aromatic N) is 2. The van der Waals surface area contributed by atoms with Crippen molar-refractivity contribution in [2.75, 3.05) is 12.4 Å². The lowest BCUT2D eigenvalue weighted by Gasteiger charge is -2.13. The molecule has 4 aromatic rings. The first-order valence-electron chi connectivity index (χ1n) is 10.8. The van der Waals surface area contributed by atoms with Gasteiger partial charge in [0.15, 0.2) is 5.75 Å². The van der Waals surface area contributed by atoms with Crippen LogP contribution < -0.4 is 15.8 Å². The molecular formula is C26H18F4N4O4. The molecule has 0 aliphatic carbocycles. The number of halogens is 4. The van der Waals surface area contributed by atoms with E-state index in [1.807, 2.05) is 0 Å². The van der Waals surface area contributed by atoms with Crippen molar-refractivity contribution < 1.29 is 37.0 Å². The molecule has 38 heavy (non-hydrogen) atoms. The average molecular weight is 526 g/mol.